The number of pyridine rings is 1. The van der Waals surface area contributed by atoms with Crippen LogP contribution in [0.3, 0.4) is 0 Å². The van der Waals surface area contributed by atoms with Crippen LogP contribution < -0.4 is 5.32 Å². The fourth-order valence-electron chi connectivity index (χ4n) is 2.98. The van der Waals surface area contributed by atoms with E-state index in [2.05, 4.69) is 55.1 Å². The van der Waals surface area contributed by atoms with Crippen molar-refractivity contribution in [2.75, 3.05) is 12.4 Å². The predicted octanol–water partition coefficient (Wildman–Crippen LogP) is 6.84. The van der Waals surface area contributed by atoms with Crippen LogP contribution in [0.5, 0.6) is 0 Å². The molecule has 2 aromatic rings. The van der Waals surface area contributed by atoms with Crippen molar-refractivity contribution in [3.05, 3.63) is 47.1 Å². The van der Waals surface area contributed by atoms with Crippen LogP contribution >= 0.6 is 11.3 Å². The summed E-state index contributed by atoms with van der Waals surface area (Å²) in [6, 6.07) is 5.98. The number of aliphatic imine (C=N–C) groups is 1. The number of allylic oxidation sites excluding steroid dienone is 2. The molecule has 0 amide bonds. The molecule has 0 fully saturated rings. The standard InChI is InChI=1S/C23H32N4S/c1-6-9-18(10-7-2)13-14-23-25-16-20(28-23)19-11-8-12-21(26-19)27-22(24-5)15-17(3)4/h8,11-16,18H,6-7,9-10H2,1-5H3,(H,24,26,27). The molecular formula is C23H32N4S. The van der Waals surface area contributed by atoms with E-state index >= 15 is 0 Å². The first-order valence-corrected chi connectivity index (χ1v) is 10.9. The second-order valence-corrected chi connectivity index (χ2v) is 8.19. The lowest BCUT2D eigenvalue weighted by atomic mass is 9.98. The minimum atomic E-state index is 0.648. The highest BCUT2D eigenvalue weighted by Gasteiger charge is 2.07. The summed E-state index contributed by atoms with van der Waals surface area (Å²) in [6.07, 6.45) is 13.3. The van der Waals surface area contributed by atoms with Gasteiger partial charge in [-0.05, 0) is 56.9 Å². The molecule has 0 saturated carbocycles. The van der Waals surface area contributed by atoms with Gasteiger partial charge in [-0.15, -0.1) is 11.3 Å². The zero-order chi connectivity index (χ0) is 20.4. The molecule has 2 aromatic heterocycles. The van der Waals surface area contributed by atoms with Crippen LogP contribution in [0.25, 0.3) is 16.6 Å². The van der Waals surface area contributed by atoms with Gasteiger partial charge in [-0.3, -0.25) is 4.99 Å². The molecule has 0 aliphatic heterocycles. The van der Waals surface area contributed by atoms with E-state index in [-0.39, 0.29) is 0 Å². The van der Waals surface area contributed by atoms with Gasteiger partial charge in [0.05, 0.1) is 10.6 Å². The Morgan fingerprint density at radius 3 is 2.61 bits per heavy atom. The fourth-order valence-corrected chi connectivity index (χ4v) is 3.78. The fraction of sp³-hybridized carbons (Fsp3) is 0.435. The predicted molar refractivity (Wildman–Crippen MR) is 124 cm³/mol. The normalized spacial score (nSPS) is 12.0. The quantitative estimate of drug-likeness (QED) is 0.373. The molecular weight excluding hydrogens is 364 g/mol. The summed E-state index contributed by atoms with van der Waals surface area (Å²) < 4.78 is 0. The van der Waals surface area contributed by atoms with Crippen molar-refractivity contribution in [3.63, 3.8) is 0 Å². The van der Waals surface area contributed by atoms with E-state index in [1.165, 1.54) is 31.3 Å². The van der Waals surface area contributed by atoms with Gasteiger partial charge in [0.1, 0.15) is 16.7 Å². The van der Waals surface area contributed by atoms with Gasteiger partial charge in [-0.1, -0.05) is 44.4 Å². The zero-order valence-electron chi connectivity index (χ0n) is 17.7. The van der Waals surface area contributed by atoms with Gasteiger partial charge in [0, 0.05) is 13.2 Å². The Labute approximate surface area is 173 Å². The maximum atomic E-state index is 4.73. The Hall–Kier alpha value is -2.27. The number of amidine groups is 1. The number of rotatable bonds is 9. The Bertz CT molecular complexity index is 823. The molecule has 0 atom stereocenters. The highest BCUT2D eigenvalue weighted by atomic mass is 32.1. The summed E-state index contributed by atoms with van der Waals surface area (Å²) in [6.45, 7) is 8.59. The Balaban J connectivity index is 2.13. The molecule has 0 unspecified atom stereocenters. The van der Waals surface area contributed by atoms with E-state index in [0.29, 0.717) is 5.92 Å². The number of hydrogen-bond acceptors (Lipinski definition) is 4. The average molecular weight is 397 g/mol. The zero-order valence-corrected chi connectivity index (χ0v) is 18.5. The summed E-state index contributed by atoms with van der Waals surface area (Å²) in [5.41, 5.74) is 2.11. The topological polar surface area (TPSA) is 50.2 Å². The molecule has 5 heteroatoms. The molecule has 0 aliphatic carbocycles. The van der Waals surface area contributed by atoms with E-state index in [4.69, 9.17) is 4.98 Å². The van der Waals surface area contributed by atoms with Crippen molar-refractivity contribution in [1.29, 1.82) is 0 Å². The average Bonchev–Trinajstić information content (AvgIpc) is 3.15. The Morgan fingerprint density at radius 1 is 1.21 bits per heavy atom. The third kappa shape index (κ3) is 7.04. The van der Waals surface area contributed by atoms with E-state index in [9.17, 15) is 0 Å². The summed E-state index contributed by atoms with van der Waals surface area (Å²) in [5.74, 6) is 2.23. The van der Waals surface area contributed by atoms with Crippen LogP contribution in [-0.2, 0) is 0 Å². The summed E-state index contributed by atoms with van der Waals surface area (Å²) in [5, 5.41) is 4.31. The summed E-state index contributed by atoms with van der Waals surface area (Å²) in [4.78, 5) is 14.6. The molecule has 0 bridgehead atoms. The summed E-state index contributed by atoms with van der Waals surface area (Å²) in [7, 11) is 1.78. The van der Waals surface area contributed by atoms with Crippen LogP contribution in [0, 0.1) is 5.92 Å². The molecule has 150 valence electrons. The molecule has 0 saturated heterocycles. The first-order valence-electron chi connectivity index (χ1n) is 10.1. The van der Waals surface area contributed by atoms with Crippen LogP contribution in [0.15, 0.2) is 47.1 Å². The highest BCUT2D eigenvalue weighted by Crippen LogP contribution is 2.27. The first kappa shape index (κ1) is 22.0. The van der Waals surface area contributed by atoms with E-state index in [0.717, 1.165) is 27.2 Å². The highest BCUT2D eigenvalue weighted by molar-refractivity contribution is 7.15. The molecule has 2 heterocycles. The Kier molecular flexibility index (Phi) is 9.08. The van der Waals surface area contributed by atoms with Gasteiger partial charge in [-0.25, -0.2) is 9.97 Å². The maximum Gasteiger partial charge on any atom is 0.132 e. The molecule has 1 N–H and O–H groups in total. The van der Waals surface area contributed by atoms with Crippen LogP contribution in [0.2, 0.25) is 0 Å². The van der Waals surface area contributed by atoms with Crippen molar-refractivity contribution >= 4 is 29.1 Å². The minimum Gasteiger partial charge on any atom is -0.325 e. The van der Waals surface area contributed by atoms with E-state index in [1.807, 2.05) is 30.5 Å². The number of nitrogens with zero attached hydrogens (tertiary/aromatic N) is 3. The number of hydrogen-bond donors (Lipinski definition) is 1. The van der Waals surface area contributed by atoms with Crippen LogP contribution in [0.4, 0.5) is 5.82 Å². The molecule has 0 aliphatic rings. The smallest absolute Gasteiger partial charge is 0.132 e. The molecule has 4 nitrogen and oxygen atoms in total. The molecule has 0 spiro atoms. The van der Waals surface area contributed by atoms with Crippen molar-refractivity contribution < 1.29 is 0 Å². The molecule has 0 aromatic carbocycles. The number of thiazole rings is 1. The van der Waals surface area contributed by atoms with Gasteiger partial charge in [0.2, 0.25) is 0 Å². The van der Waals surface area contributed by atoms with Gasteiger partial charge in [0.15, 0.2) is 0 Å². The molecule has 0 radical (unpaired) electrons. The minimum absolute atomic E-state index is 0.648. The van der Waals surface area contributed by atoms with Gasteiger partial charge in [0.25, 0.3) is 0 Å². The van der Waals surface area contributed by atoms with E-state index in [1.54, 1.807) is 18.4 Å². The van der Waals surface area contributed by atoms with Gasteiger partial charge >= 0.3 is 0 Å². The number of aromatic nitrogens is 2. The SMILES string of the molecule is CCCC(C=Cc1ncc(-c2cccc(NC(C=C(C)C)=NC)n2)s1)CCC. The van der Waals surface area contributed by atoms with Crippen molar-refractivity contribution in [2.24, 2.45) is 10.9 Å². The van der Waals surface area contributed by atoms with Gasteiger partial charge in [-0.2, -0.15) is 0 Å². The first-order chi connectivity index (χ1) is 13.5. The third-order valence-corrected chi connectivity index (χ3v) is 5.26. The van der Waals surface area contributed by atoms with Crippen molar-refractivity contribution in [2.45, 2.75) is 53.4 Å². The molecule has 28 heavy (non-hydrogen) atoms. The lowest BCUT2D eigenvalue weighted by Crippen LogP contribution is -2.10. The van der Waals surface area contributed by atoms with E-state index < -0.39 is 0 Å². The lowest BCUT2D eigenvalue weighted by molar-refractivity contribution is 0.531. The lowest BCUT2D eigenvalue weighted by Gasteiger charge is -2.08. The second-order valence-electron chi connectivity index (χ2n) is 7.12. The largest absolute Gasteiger partial charge is 0.325 e. The summed E-state index contributed by atoms with van der Waals surface area (Å²) >= 11 is 1.68. The Morgan fingerprint density at radius 2 is 1.96 bits per heavy atom. The van der Waals surface area contributed by atoms with Crippen molar-refractivity contribution in [1.82, 2.24) is 9.97 Å². The molecule has 2 rings (SSSR count). The van der Waals surface area contributed by atoms with Crippen molar-refractivity contribution in [3.8, 4) is 10.6 Å². The second kappa shape index (κ2) is 11.5. The maximum absolute atomic E-state index is 4.73. The monoisotopic (exact) mass is 396 g/mol. The third-order valence-electron chi connectivity index (χ3n) is 4.28. The van der Waals surface area contributed by atoms with Crippen LogP contribution in [-0.4, -0.2) is 22.9 Å². The van der Waals surface area contributed by atoms with Gasteiger partial charge < -0.3 is 5.32 Å². The number of nitrogens with one attached hydrogen (secondary N) is 1. The number of anilines is 1. The van der Waals surface area contributed by atoms with Crippen LogP contribution in [0.1, 0.15) is 58.4 Å².